The van der Waals surface area contributed by atoms with Crippen LogP contribution >= 0.6 is 27.0 Å². The minimum absolute atomic E-state index is 0.222. The fourth-order valence-corrected chi connectivity index (χ4v) is 4.59. The SMILES string of the molecule is Cc1ncc(C[n+]2csc(CCOP(=O)([O-])OP(=O)(O)O)c2C)c(N)n1. The van der Waals surface area contributed by atoms with Gasteiger partial charge in [0.25, 0.3) is 7.82 Å². The predicted molar refractivity (Wildman–Crippen MR) is 89.9 cm³/mol. The van der Waals surface area contributed by atoms with Crippen molar-refractivity contribution in [3.63, 3.8) is 0 Å². The first kappa shape index (κ1) is 21.1. The van der Waals surface area contributed by atoms with Gasteiger partial charge in [-0.1, -0.05) is 11.3 Å². The molecular formula is C12H18N4O7P2S. The van der Waals surface area contributed by atoms with E-state index in [0.29, 0.717) is 18.2 Å². The lowest BCUT2D eigenvalue weighted by molar-refractivity contribution is -0.689. The van der Waals surface area contributed by atoms with Crippen LogP contribution < -0.4 is 15.2 Å². The number of nitrogens with two attached hydrogens (primary N) is 1. The van der Waals surface area contributed by atoms with Crippen LogP contribution in [0.2, 0.25) is 0 Å². The molecule has 1 atom stereocenters. The third-order valence-electron chi connectivity index (χ3n) is 3.30. The first-order valence-electron chi connectivity index (χ1n) is 7.24. The van der Waals surface area contributed by atoms with Crippen molar-refractivity contribution in [3.8, 4) is 0 Å². The van der Waals surface area contributed by atoms with Crippen molar-refractivity contribution in [3.05, 3.63) is 33.7 Å². The number of phosphoric ester groups is 1. The van der Waals surface area contributed by atoms with Gasteiger partial charge in [-0.05, 0) is 6.92 Å². The van der Waals surface area contributed by atoms with Crippen LogP contribution in [0.1, 0.15) is 22.0 Å². The summed E-state index contributed by atoms with van der Waals surface area (Å²) >= 11 is 1.38. The second-order valence-electron chi connectivity index (χ2n) is 5.29. The van der Waals surface area contributed by atoms with Gasteiger partial charge in [-0.2, -0.15) is 4.57 Å². The zero-order valence-electron chi connectivity index (χ0n) is 13.9. The molecule has 0 fully saturated rings. The molecule has 1 unspecified atom stereocenters. The number of hydrogen-bond donors (Lipinski definition) is 3. The molecule has 2 rings (SSSR count). The average Bonchev–Trinajstić information content (AvgIpc) is 2.80. The van der Waals surface area contributed by atoms with Gasteiger partial charge in [-0.3, -0.25) is 4.57 Å². The van der Waals surface area contributed by atoms with E-state index in [0.717, 1.165) is 16.1 Å². The molecule has 2 heterocycles. The largest absolute Gasteiger partial charge is 0.756 e. The summed E-state index contributed by atoms with van der Waals surface area (Å²) in [5, 5.41) is 0. The lowest BCUT2D eigenvalue weighted by Crippen LogP contribution is -2.35. The van der Waals surface area contributed by atoms with E-state index in [1.165, 1.54) is 11.3 Å². The second-order valence-corrected chi connectivity index (χ2v) is 9.02. The van der Waals surface area contributed by atoms with Crippen LogP contribution in [0.3, 0.4) is 0 Å². The fourth-order valence-electron chi connectivity index (χ4n) is 2.07. The van der Waals surface area contributed by atoms with E-state index in [4.69, 9.17) is 15.5 Å². The molecule has 0 saturated heterocycles. The molecule has 0 radical (unpaired) electrons. The molecule has 26 heavy (non-hydrogen) atoms. The summed E-state index contributed by atoms with van der Waals surface area (Å²) in [7, 11) is -10.3. The Balaban J connectivity index is 1.98. The third kappa shape index (κ3) is 6.19. The smallest absolute Gasteiger partial charge is 0.476 e. The lowest BCUT2D eigenvalue weighted by atomic mass is 10.2. The Hall–Kier alpha value is -1.23. The molecule has 0 spiro atoms. The van der Waals surface area contributed by atoms with Crippen LogP contribution in [0.15, 0.2) is 11.7 Å². The first-order valence-corrected chi connectivity index (χ1v) is 11.1. The molecule has 0 aromatic carbocycles. The normalized spacial score (nSPS) is 14.3. The number of phosphoric acid groups is 2. The van der Waals surface area contributed by atoms with Crippen LogP contribution in [0.5, 0.6) is 0 Å². The molecule has 2 aromatic heterocycles. The van der Waals surface area contributed by atoms with E-state index in [-0.39, 0.29) is 13.0 Å². The number of nitrogen functional groups attached to an aromatic ring is 1. The maximum absolute atomic E-state index is 11.3. The monoisotopic (exact) mass is 424 g/mol. The highest BCUT2D eigenvalue weighted by atomic mass is 32.1. The van der Waals surface area contributed by atoms with E-state index in [9.17, 15) is 14.0 Å². The number of nitrogens with zero attached hydrogens (tertiary/aromatic N) is 3. The summed E-state index contributed by atoms with van der Waals surface area (Å²) in [6.07, 6.45) is 1.87. The zero-order chi connectivity index (χ0) is 19.5. The summed E-state index contributed by atoms with van der Waals surface area (Å²) in [6.45, 7) is 3.74. The summed E-state index contributed by atoms with van der Waals surface area (Å²) in [5.41, 5.74) is 9.34. The minimum atomic E-state index is -5.18. The number of aryl methyl sites for hydroxylation is 1. The molecular weight excluding hydrogens is 406 g/mol. The van der Waals surface area contributed by atoms with Crippen LogP contribution in [0.25, 0.3) is 0 Å². The standard InChI is InChI=1S/C12H18N4O7P2S/c1-8-11(3-4-22-25(20,21)23-24(17,18)19)26-7-16(8)6-10-5-14-9(2)15-12(10)13/h5,7H,3-4,6H2,1-2H3,(H4-,13,14,15,17,18,19,20,21). The molecule has 0 aliphatic carbocycles. The molecule has 14 heteroatoms. The van der Waals surface area contributed by atoms with Crippen molar-refractivity contribution in [1.82, 2.24) is 9.97 Å². The molecule has 4 N–H and O–H groups in total. The van der Waals surface area contributed by atoms with Crippen molar-refractivity contribution >= 4 is 32.8 Å². The highest BCUT2D eigenvalue weighted by Gasteiger charge is 2.24. The predicted octanol–water partition coefficient (Wildman–Crippen LogP) is 0.210. The summed E-state index contributed by atoms with van der Waals surface area (Å²) < 4.78 is 31.8. The minimum Gasteiger partial charge on any atom is -0.756 e. The van der Waals surface area contributed by atoms with Crippen molar-refractivity contribution in [2.24, 2.45) is 0 Å². The molecule has 0 amide bonds. The molecule has 0 bridgehead atoms. The van der Waals surface area contributed by atoms with E-state index in [1.807, 2.05) is 17.0 Å². The summed E-state index contributed by atoms with van der Waals surface area (Å²) in [4.78, 5) is 37.4. The Labute approximate surface area is 153 Å². The Morgan fingerprint density at radius 3 is 2.69 bits per heavy atom. The zero-order valence-corrected chi connectivity index (χ0v) is 16.5. The first-order chi connectivity index (χ1) is 12.0. The molecule has 11 nitrogen and oxygen atoms in total. The Morgan fingerprint density at radius 1 is 1.38 bits per heavy atom. The number of anilines is 1. The maximum atomic E-state index is 11.3. The number of aromatic nitrogens is 3. The molecule has 0 aliphatic rings. The van der Waals surface area contributed by atoms with Crippen molar-refractivity contribution in [2.45, 2.75) is 26.8 Å². The Morgan fingerprint density at radius 2 is 2.08 bits per heavy atom. The molecule has 0 saturated carbocycles. The molecule has 2 aromatic rings. The lowest BCUT2D eigenvalue weighted by Gasteiger charge is -2.22. The highest BCUT2D eigenvalue weighted by Crippen LogP contribution is 2.54. The average molecular weight is 424 g/mol. The fraction of sp³-hybridized carbons (Fsp3) is 0.417. The summed E-state index contributed by atoms with van der Waals surface area (Å²) in [6, 6.07) is 0. The van der Waals surface area contributed by atoms with Gasteiger partial charge in [0.2, 0.25) is 5.51 Å². The highest BCUT2D eigenvalue weighted by molar-refractivity contribution is 7.60. The van der Waals surface area contributed by atoms with Crippen molar-refractivity contribution < 1.29 is 37.2 Å². The van der Waals surface area contributed by atoms with Crippen LogP contribution in [-0.2, 0) is 30.9 Å². The number of rotatable bonds is 8. The number of thiazole rings is 1. The van der Waals surface area contributed by atoms with Gasteiger partial charge in [0.05, 0.1) is 17.0 Å². The van der Waals surface area contributed by atoms with Gasteiger partial charge < -0.3 is 24.9 Å². The van der Waals surface area contributed by atoms with Gasteiger partial charge in [0.1, 0.15) is 11.6 Å². The van der Waals surface area contributed by atoms with Gasteiger partial charge in [0, 0.05) is 19.5 Å². The number of hydrogen-bond acceptors (Lipinski definition) is 9. The van der Waals surface area contributed by atoms with E-state index in [2.05, 4.69) is 18.8 Å². The van der Waals surface area contributed by atoms with E-state index >= 15 is 0 Å². The van der Waals surface area contributed by atoms with Gasteiger partial charge in [0.15, 0.2) is 12.2 Å². The van der Waals surface area contributed by atoms with E-state index < -0.39 is 15.6 Å². The van der Waals surface area contributed by atoms with Crippen LogP contribution in [0, 0.1) is 13.8 Å². The van der Waals surface area contributed by atoms with Crippen molar-refractivity contribution in [2.75, 3.05) is 12.3 Å². The Kier molecular flexibility index (Phi) is 6.65. The molecule has 144 valence electrons. The second kappa shape index (κ2) is 8.20. The topological polar surface area (TPSA) is 172 Å². The summed E-state index contributed by atoms with van der Waals surface area (Å²) in [5.74, 6) is 0.970. The van der Waals surface area contributed by atoms with Gasteiger partial charge in [-0.15, -0.1) is 0 Å². The molecule has 0 aliphatic heterocycles. The van der Waals surface area contributed by atoms with Crippen LogP contribution in [-0.4, -0.2) is 26.4 Å². The maximum Gasteiger partial charge on any atom is 0.476 e. The van der Waals surface area contributed by atoms with Gasteiger partial charge >= 0.3 is 7.82 Å². The van der Waals surface area contributed by atoms with E-state index in [1.54, 1.807) is 13.1 Å². The van der Waals surface area contributed by atoms with Crippen molar-refractivity contribution in [1.29, 1.82) is 0 Å². The van der Waals surface area contributed by atoms with Crippen LogP contribution in [0.4, 0.5) is 5.82 Å². The Bertz CT molecular complexity index is 884. The van der Waals surface area contributed by atoms with Gasteiger partial charge in [-0.25, -0.2) is 18.8 Å². The quantitative estimate of drug-likeness (QED) is 0.393. The third-order valence-corrected chi connectivity index (χ3v) is 6.59.